The molecule has 0 bridgehead atoms. The van der Waals surface area contributed by atoms with Crippen molar-refractivity contribution in [2.24, 2.45) is 0 Å². The molecule has 0 aliphatic heterocycles. The highest BCUT2D eigenvalue weighted by molar-refractivity contribution is 9.09. The Bertz CT molecular complexity index is 289. The average Bonchev–Trinajstić information content (AvgIpc) is 2.24. The summed E-state index contributed by atoms with van der Waals surface area (Å²) in [6.07, 6.45) is 5.69. The summed E-state index contributed by atoms with van der Waals surface area (Å²) in [5.41, 5.74) is 2.35. The second-order valence-corrected chi connectivity index (χ2v) is 4.62. The van der Waals surface area contributed by atoms with Crippen molar-refractivity contribution in [1.82, 2.24) is 4.98 Å². The second-order valence-electron chi connectivity index (χ2n) is 3.83. The van der Waals surface area contributed by atoms with Gasteiger partial charge in [-0.15, -0.1) is 0 Å². The first-order chi connectivity index (χ1) is 7.24. The number of pyridine rings is 1. The first kappa shape index (κ1) is 12.5. The Balaban J connectivity index is 2.36. The highest BCUT2D eigenvalue weighted by Crippen LogP contribution is 2.13. The van der Waals surface area contributed by atoms with Crippen molar-refractivity contribution < 1.29 is 0 Å². The van der Waals surface area contributed by atoms with E-state index in [1.807, 2.05) is 13.1 Å². The Labute approximate surface area is 101 Å². The molecule has 0 saturated heterocycles. The topological polar surface area (TPSA) is 16.1 Å². The van der Waals surface area contributed by atoms with E-state index in [2.05, 4.69) is 45.0 Å². The lowest BCUT2D eigenvalue weighted by molar-refractivity contribution is 0.710. The molecule has 15 heavy (non-hydrogen) atoms. The van der Waals surface area contributed by atoms with Crippen LogP contribution in [0.25, 0.3) is 0 Å². The minimum absolute atomic E-state index is 1.08. The van der Waals surface area contributed by atoms with Gasteiger partial charge in [-0.1, -0.05) is 22.4 Å². The molecular formula is C12H19BrN2. The third-order valence-corrected chi connectivity index (χ3v) is 3.01. The van der Waals surface area contributed by atoms with Crippen molar-refractivity contribution >= 4 is 21.6 Å². The van der Waals surface area contributed by atoms with Crippen molar-refractivity contribution in [1.29, 1.82) is 0 Å². The molecule has 0 atom stereocenters. The minimum Gasteiger partial charge on any atom is -0.375 e. The van der Waals surface area contributed by atoms with Gasteiger partial charge in [0.05, 0.1) is 0 Å². The number of hydrogen-bond acceptors (Lipinski definition) is 2. The third-order valence-electron chi connectivity index (χ3n) is 2.45. The summed E-state index contributed by atoms with van der Waals surface area (Å²) >= 11 is 3.45. The smallest absolute Gasteiger partial charge is 0.0397 e. The van der Waals surface area contributed by atoms with Gasteiger partial charge in [0.2, 0.25) is 0 Å². The zero-order valence-electron chi connectivity index (χ0n) is 9.54. The van der Waals surface area contributed by atoms with Crippen molar-refractivity contribution in [3.63, 3.8) is 0 Å². The summed E-state index contributed by atoms with van der Waals surface area (Å²) in [6, 6.07) is 4.20. The standard InChI is InChI=1S/C12H19BrN2/c1-11-10-12(6-8-14-11)15(2)9-5-3-4-7-13/h6,8,10H,3-5,7,9H2,1-2H3. The predicted octanol–water partition coefficient (Wildman–Crippen LogP) is 3.39. The quantitative estimate of drug-likeness (QED) is 0.582. The van der Waals surface area contributed by atoms with Crippen LogP contribution in [-0.2, 0) is 0 Å². The molecule has 0 unspecified atom stereocenters. The van der Waals surface area contributed by atoms with E-state index in [-0.39, 0.29) is 0 Å². The van der Waals surface area contributed by atoms with Crippen molar-refractivity contribution in [2.75, 3.05) is 23.8 Å². The predicted molar refractivity (Wildman–Crippen MR) is 69.9 cm³/mol. The van der Waals surface area contributed by atoms with Gasteiger partial charge < -0.3 is 4.90 Å². The van der Waals surface area contributed by atoms with Crippen LogP contribution in [-0.4, -0.2) is 23.9 Å². The van der Waals surface area contributed by atoms with E-state index in [1.165, 1.54) is 24.9 Å². The van der Waals surface area contributed by atoms with E-state index in [1.54, 1.807) is 0 Å². The molecular weight excluding hydrogens is 252 g/mol. The Morgan fingerprint density at radius 3 is 2.80 bits per heavy atom. The van der Waals surface area contributed by atoms with Gasteiger partial charge in [-0.25, -0.2) is 0 Å². The van der Waals surface area contributed by atoms with Gasteiger partial charge in [-0.2, -0.15) is 0 Å². The first-order valence-corrected chi connectivity index (χ1v) is 6.56. The normalized spacial score (nSPS) is 10.3. The van der Waals surface area contributed by atoms with Gasteiger partial charge in [0.25, 0.3) is 0 Å². The monoisotopic (exact) mass is 270 g/mol. The van der Waals surface area contributed by atoms with E-state index in [9.17, 15) is 0 Å². The number of anilines is 1. The summed E-state index contributed by atoms with van der Waals surface area (Å²) in [4.78, 5) is 6.49. The lowest BCUT2D eigenvalue weighted by atomic mass is 10.2. The maximum atomic E-state index is 4.20. The molecule has 2 nitrogen and oxygen atoms in total. The van der Waals surface area contributed by atoms with Crippen molar-refractivity contribution in [2.45, 2.75) is 26.2 Å². The molecule has 0 radical (unpaired) electrons. The molecule has 0 aliphatic carbocycles. The number of halogens is 1. The maximum Gasteiger partial charge on any atom is 0.0397 e. The number of unbranched alkanes of at least 4 members (excludes halogenated alkanes) is 2. The lowest BCUT2D eigenvalue weighted by Crippen LogP contribution is -2.18. The molecule has 3 heteroatoms. The van der Waals surface area contributed by atoms with Crippen LogP contribution in [0.1, 0.15) is 25.0 Å². The van der Waals surface area contributed by atoms with E-state index < -0.39 is 0 Å². The van der Waals surface area contributed by atoms with Gasteiger partial charge in [-0.3, -0.25) is 4.98 Å². The van der Waals surface area contributed by atoms with Crippen LogP contribution in [0.5, 0.6) is 0 Å². The van der Waals surface area contributed by atoms with E-state index >= 15 is 0 Å². The van der Waals surface area contributed by atoms with Crippen LogP contribution in [0.4, 0.5) is 5.69 Å². The van der Waals surface area contributed by atoms with Gasteiger partial charge in [-0.05, 0) is 31.9 Å². The van der Waals surface area contributed by atoms with Crippen LogP contribution in [0.2, 0.25) is 0 Å². The highest BCUT2D eigenvalue weighted by atomic mass is 79.9. The molecule has 0 amide bonds. The van der Waals surface area contributed by atoms with Gasteiger partial charge in [0.1, 0.15) is 0 Å². The SMILES string of the molecule is Cc1cc(N(C)CCCCCBr)ccn1. The number of nitrogens with zero attached hydrogens (tertiary/aromatic N) is 2. The molecule has 0 fully saturated rings. The number of hydrogen-bond donors (Lipinski definition) is 0. The highest BCUT2D eigenvalue weighted by Gasteiger charge is 2.00. The fourth-order valence-electron chi connectivity index (χ4n) is 1.52. The van der Waals surface area contributed by atoms with E-state index in [0.717, 1.165) is 17.6 Å². The van der Waals surface area contributed by atoms with Gasteiger partial charge >= 0.3 is 0 Å². The Morgan fingerprint density at radius 1 is 1.33 bits per heavy atom. The van der Waals surface area contributed by atoms with E-state index in [0.29, 0.717) is 0 Å². The van der Waals surface area contributed by atoms with Crippen LogP contribution < -0.4 is 4.90 Å². The van der Waals surface area contributed by atoms with Crippen LogP contribution in [0, 0.1) is 6.92 Å². The largest absolute Gasteiger partial charge is 0.375 e. The molecule has 0 saturated carbocycles. The number of aromatic nitrogens is 1. The molecule has 1 aromatic rings. The summed E-state index contributed by atoms with van der Waals surface area (Å²) in [7, 11) is 2.14. The molecule has 84 valence electrons. The van der Waals surface area contributed by atoms with Crippen LogP contribution in [0.3, 0.4) is 0 Å². The number of alkyl halides is 1. The third kappa shape index (κ3) is 4.65. The molecule has 1 aromatic heterocycles. The molecule has 1 rings (SSSR count). The Kier molecular flexibility index (Phi) is 5.69. The average molecular weight is 271 g/mol. The zero-order valence-corrected chi connectivity index (χ0v) is 11.1. The first-order valence-electron chi connectivity index (χ1n) is 5.44. The molecule has 0 aliphatic rings. The molecule has 0 spiro atoms. The summed E-state index contributed by atoms with van der Waals surface area (Å²) in [6.45, 7) is 3.15. The minimum atomic E-state index is 1.08. The fourth-order valence-corrected chi connectivity index (χ4v) is 1.91. The summed E-state index contributed by atoms with van der Waals surface area (Å²) in [5, 5.41) is 1.12. The molecule has 0 aromatic carbocycles. The number of rotatable bonds is 6. The lowest BCUT2D eigenvalue weighted by Gasteiger charge is -2.19. The van der Waals surface area contributed by atoms with Crippen LogP contribution in [0.15, 0.2) is 18.3 Å². The van der Waals surface area contributed by atoms with Gasteiger partial charge in [0, 0.05) is 36.5 Å². The zero-order chi connectivity index (χ0) is 11.1. The van der Waals surface area contributed by atoms with Gasteiger partial charge in [0.15, 0.2) is 0 Å². The summed E-state index contributed by atoms with van der Waals surface area (Å²) in [5.74, 6) is 0. The molecule has 1 heterocycles. The van der Waals surface area contributed by atoms with Crippen LogP contribution >= 0.6 is 15.9 Å². The fraction of sp³-hybridized carbons (Fsp3) is 0.583. The summed E-state index contributed by atoms with van der Waals surface area (Å²) < 4.78 is 0. The van der Waals surface area contributed by atoms with Crippen molar-refractivity contribution in [3.8, 4) is 0 Å². The van der Waals surface area contributed by atoms with Crippen molar-refractivity contribution in [3.05, 3.63) is 24.0 Å². The Hall–Kier alpha value is -0.570. The maximum absolute atomic E-state index is 4.20. The second kappa shape index (κ2) is 6.83. The van der Waals surface area contributed by atoms with E-state index in [4.69, 9.17) is 0 Å². The molecule has 0 N–H and O–H groups in total. The number of aryl methyl sites for hydroxylation is 1. The Morgan fingerprint density at radius 2 is 2.13 bits per heavy atom.